The number of carbonyl (C=O) groups is 1. The van der Waals surface area contributed by atoms with Crippen LogP contribution in [0.25, 0.3) is 0 Å². The van der Waals surface area contributed by atoms with Gasteiger partial charge in [-0.1, -0.05) is 6.07 Å². The first-order valence-corrected chi connectivity index (χ1v) is 7.85. The molecule has 1 aromatic heterocycles. The minimum Gasteiger partial charge on any atom is -0.493 e. The van der Waals surface area contributed by atoms with Crippen LogP contribution in [-0.2, 0) is 13.0 Å². The summed E-state index contributed by atoms with van der Waals surface area (Å²) in [5.74, 6) is 0.680. The molecule has 0 spiro atoms. The van der Waals surface area contributed by atoms with E-state index in [4.69, 9.17) is 9.47 Å². The standard InChI is InChI=1S/C17H20N4O5/c1-25-15-8-13(14(21(23)24)9-16(15)26-2)5-7-19-17(22)20-11-12-4-3-6-18-10-12/h3-4,6,8-10H,5,7,11H2,1-2H3,(H2,19,20,22). The van der Waals surface area contributed by atoms with Crippen LogP contribution in [0.5, 0.6) is 11.5 Å². The van der Waals surface area contributed by atoms with E-state index in [1.807, 2.05) is 6.07 Å². The number of rotatable bonds is 8. The molecule has 9 heteroatoms. The molecular weight excluding hydrogens is 340 g/mol. The molecule has 2 aromatic rings. The zero-order chi connectivity index (χ0) is 18.9. The molecule has 26 heavy (non-hydrogen) atoms. The first-order chi connectivity index (χ1) is 12.5. The van der Waals surface area contributed by atoms with E-state index in [-0.39, 0.29) is 30.4 Å². The number of methoxy groups -OCH3 is 2. The van der Waals surface area contributed by atoms with Crippen molar-refractivity contribution < 1.29 is 19.2 Å². The summed E-state index contributed by atoms with van der Waals surface area (Å²) in [6, 6.07) is 6.13. The number of hydrogen-bond donors (Lipinski definition) is 2. The van der Waals surface area contributed by atoms with Gasteiger partial charge in [0, 0.05) is 31.0 Å². The fourth-order valence-corrected chi connectivity index (χ4v) is 2.34. The molecule has 0 fully saturated rings. The second-order valence-electron chi connectivity index (χ2n) is 5.31. The lowest BCUT2D eigenvalue weighted by molar-refractivity contribution is -0.385. The second kappa shape index (κ2) is 9.21. The van der Waals surface area contributed by atoms with Gasteiger partial charge < -0.3 is 20.1 Å². The van der Waals surface area contributed by atoms with Crippen molar-refractivity contribution in [1.29, 1.82) is 0 Å². The van der Waals surface area contributed by atoms with Crippen LogP contribution in [0, 0.1) is 10.1 Å². The Bertz CT molecular complexity index is 767. The van der Waals surface area contributed by atoms with Gasteiger partial charge in [0.15, 0.2) is 11.5 Å². The molecule has 0 aliphatic rings. The first-order valence-electron chi connectivity index (χ1n) is 7.85. The van der Waals surface area contributed by atoms with Gasteiger partial charge in [-0.2, -0.15) is 0 Å². The second-order valence-corrected chi connectivity index (χ2v) is 5.31. The number of nitro benzene ring substituents is 1. The summed E-state index contributed by atoms with van der Waals surface area (Å²) in [5.41, 5.74) is 1.23. The van der Waals surface area contributed by atoms with Crippen molar-refractivity contribution in [2.45, 2.75) is 13.0 Å². The van der Waals surface area contributed by atoms with Crippen molar-refractivity contribution >= 4 is 11.7 Å². The number of nitro groups is 1. The Morgan fingerprint density at radius 3 is 2.58 bits per heavy atom. The molecular formula is C17H20N4O5. The average molecular weight is 360 g/mol. The Balaban J connectivity index is 1.93. The van der Waals surface area contributed by atoms with Crippen molar-refractivity contribution in [3.05, 3.63) is 57.9 Å². The van der Waals surface area contributed by atoms with Crippen LogP contribution in [0.4, 0.5) is 10.5 Å². The van der Waals surface area contributed by atoms with Crippen LogP contribution in [0.1, 0.15) is 11.1 Å². The molecule has 1 heterocycles. The van der Waals surface area contributed by atoms with Gasteiger partial charge in [0.25, 0.3) is 5.69 Å². The van der Waals surface area contributed by atoms with Crippen molar-refractivity contribution in [1.82, 2.24) is 15.6 Å². The molecule has 0 aliphatic heterocycles. The number of carbonyl (C=O) groups excluding carboxylic acids is 1. The molecule has 0 saturated carbocycles. The topological polar surface area (TPSA) is 116 Å². The van der Waals surface area contributed by atoms with Crippen molar-refractivity contribution in [2.75, 3.05) is 20.8 Å². The van der Waals surface area contributed by atoms with E-state index in [2.05, 4.69) is 15.6 Å². The number of amides is 2. The molecule has 138 valence electrons. The molecule has 0 atom stereocenters. The van der Waals surface area contributed by atoms with Crippen LogP contribution in [0.15, 0.2) is 36.7 Å². The quantitative estimate of drug-likeness (QED) is 0.550. The van der Waals surface area contributed by atoms with Crippen LogP contribution < -0.4 is 20.1 Å². The molecule has 0 saturated heterocycles. The molecule has 0 radical (unpaired) electrons. The lowest BCUT2D eigenvalue weighted by atomic mass is 10.1. The maximum atomic E-state index is 11.8. The minimum atomic E-state index is -0.486. The molecule has 2 amide bonds. The smallest absolute Gasteiger partial charge is 0.315 e. The normalized spacial score (nSPS) is 10.1. The van der Waals surface area contributed by atoms with Gasteiger partial charge in [-0.05, 0) is 24.1 Å². The predicted octanol–water partition coefficient (Wildman–Crippen LogP) is 2.05. The Hall–Kier alpha value is -3.36. The zero-order valence-corrected chi connectivity index (χ0v) is 14.5. The van der Waals surface area contributed by atoms with Gasteiger partial charge in [-0.3, -0.25) is 15.1 Å². The van der Waals surface area contributed by atoms with Crippen molar-refractivity contribution in [3.63, 3.8) is 0 Å². The fraction of sp³-hybridized carbons (Fsp3) is 0.294. The van der Waals surface area contributed by atoms with Gasteiger partial charge in [-0.15, -0.1) is 0 Å². The van der Waals surface area contributed by atoms with E-state index in [1.165, 1.54) is 20.3 Å². The highest BCUT2D eigenvalue weighted by Gasteiger charge is 2.19. The monoisotopic (exact) mass is 360 g/mol. The number of ether oxygens (including phenoxy) is 2. The van der Waals surface area contributed by atoms with Gasteiger partial charge in [0.05, 0.1) is 25.2 Å². The van der Waals surface area contributed by atoms with Crippen LogP contribution in [-0.4, -0.2) is 36.7 Å². The highest BCUT2D eigenvalue weighted by atomic mass is 16.6. The largest absolute Gasteiger partial charge is 0.493 e. The minimum absolute atomic E-state index is 0.0831. The number of aromatic nitrogens is 1. The lowest BCUT2D eigenvalue weighted by Gasteiger charge is -2.11. The molecule has 9 nitrogen and oxygen atoms in total. The van der Waals surface area contributed by atoms with E-state index in [9.17, 15) is 14.9 Å². The molecule has 0 bridgehead atoms. The number of pyridine rings is 1. The summed E-state index contributed by atoms with van der Waals surface area (Å²) in [7, 11) is 2.87. The molecule has 2 N–H and O–H groups in total. The summed E-state index contributed by atoms with van der Waals surface area (Å²) < 4.78 is 10.3. The first kappa shape index (κ1) is 19.0. The molecule has 0 aliphatic carbocycles. The lowest BCUT2D eigenvalue weighted by Crippen LogP contribution is -2.36. The third-order valence-corrected chi connectivity index (χ3v) is 3.64. The number of nitrogens with one attached hydrogen (secondary N) is 2. The maximum absolute atomic E-state index is 11.8. The average Bonchev–Trinajstić information content (AvgIpc) is 2.66. The van der Waals surface area contributed by atoms with E-state index >= 15 is 0 Å². The van der Waals surface area contributed by atoms with E-state index in [1.54, 1.807) is 24.5 Å². The Morgan fingerprint density at radius 1 is 1.23 bits per heavy atom. The predicted molar refractivity (Wildman–Crippen MR) is 94.4 cm³/mol. The van der Waals surface area contributed by atoms with Gasteiger partial charge in [0.2, 0.25) is 0 Å². The van der Waals surface area contributed by atoms with E-state index in [0.29, 0.717) is 17.9 Å². The van der Waals surface area contributed by atoms with Gasteiger partial charge in [0.1, 0.15) is 0 Å². The number of nitrogens with zero attached hydrogens (tertiary/aromatic N) is 2. The van der Waals surface area contributed by atoms with Crippen LogP contribution >= 0.6 is 0 Å². The van der Waals surface area contributed by atoms with Crippen LogP contribution in [0.2, 0.25) is 0 Å². The third kappa shape index (κ3) is 5.07. The summed E-state index contributed by atoms with van der Waals surface area (Å²) in [4.78, 5) is 26.6. The van der Waals surface area contributed by atoms with Crippen molar-refractivity contribution in [2.24, 2.45) is 0 Å². The highest BCUT2D eigenvalue weighted by molar-refractivity contribution is 5.73. The maximum Gasteiger partial charge on any atom is 0.315 e. The number of urea groups is 1. The third-order valence-electron chi connectivity index (χ3n) is 3.64. The summed E-state index contributed by atoms with van der Waals surface area (Å²) in [6.45, 7) is 0.575. The number of benzene rings is 1. The number of hydrogen-bond acceptors (Lipinski definition) is 6. The Kier molecular flexibility index (Phi) is 6.72. The Morgan fingerprint density at radius 2 is 1.96 bits per heavy atom. The summed E-state index contributed by atoms with van der Waals surface area (Å²) in [5, 5.41) is 16.6. The molecule has 1 aromatic carbocycles. The molecule has 2 rings (SSSR count). The van der Waals surface area contributed by atoms with Gasteiger partial charge in [-0.25, -0.2) is 4.79 Å². The van der Waals surface area contributed by atoms with E-state index < -0.39 is 4.92 Å². The fourth-order valence-electron chi connectivity index (χ4n) is 2.34. The molecule has 0 unspecified atom stereocenters. The summed E-state index contributed by atoms with van der Waals surface area (Å²) >= 11 is 0. The van der Waals surface area contributed by atoms with Crippen LogP contribution in [0.3, 0.4) is 0 Å². The van der Waals surface area contributed by atoms with Crippen molar-refractivity contribution in [3.8, 4) is 11.5 Å². The van der Waals surface area contributed by atoms with E-state index in [0.717, 1.165) is 5.56 Å². The van der Waals surface area contributed by atoms with Gasteiger partial charge >= 0.3 is 6.03 Å². The highest BCUT2D eigenvalue weighted by Crippen LogP contribution is 2.34. The zero-order valence-electron chi connectivity index (χ0n) is 14.5. The Labute approximate surface area is 150 Å². The summed E-state index contributed by atoms with van der Waals surface area (Å²) in [6.07, 6.45) is 3.59. The SMILES string of the molecule is COc1cc(CCNC(=O)NCc2cccnc2)c([N+](=O)[O-])cc1OC.